The first kappa shape index (κ1) is 16.3. The monoisotopic (exact) mass is 334 g/mol. The van der Waals surface area contributed by atoms with Crippen molar-refractivity contribution in [1.29, 1.82) is 0 Å². The minimum absolute atomic E-state index is 0.0481. The van der Waals surface area contributed by atoms with Crippen LogP contribution in [0.25, 0.3) is 6.08 Å². The summed E-state index contributed by atoms with van der Waals surface area (Å²) in [5, 5.41) is 0. The Morgan fingerprint density at radius 2 is 1.76 bits per heavy atom. The van der Waals surface area contributed by atoms with E-state index in [1.807, 2.05) is 12.3 Å². The molecule has 1 aromatic heterocycles. The van der Waals surface area contributed by atoms with Gasteiger partial charge in [-0.3, -0.25) is 9.69 Å². The van der Waals surface area contributed by atoms with E-state index in [4.69, 9.17) is 0 Å². The fourth-order valence-electron chi connectivity index (χ4n) is 3.82. The van der Waals surface area contributed by atoms with Crippen molar-refractivity contribution >= 4 is 6.08 Å². The lowest BCUT2D eigenvalue weighted by molar-refractivity contribution is 0.118. The van der Waals surface area contributed by atoms with E-state index in [2.05, 4.69) is 35.2 Å². The smallest absolute Gasteiger partial charge is 0.250 e. The number of nitrogens with zero attached hydrogens (tertiary/aromatic N) is 2. The molecule has 0 radical (unpaired) electrons. The summed E-state index contributed by atoms with van der Waals surface area (Å²) in [5.74, 6) is 0. The van der Waals surface area contributed by atoms with Crippen LogP contribution < -0.4 is 5.56 Å². The summed E-state index contributed by atoms with van der Waals surface area (Å²) in [6.45, 7) is 3.09. The summed E-state index contributed by atoms with van der Waals surface area (Å²) in [7, 11) is 0. The molecule has 1 aliphatic heterocycles. The van der Waals surface area contributed by atoms with E-state index in [9.17, 15) is 4.79 Å². The van der Waals surface area contributed by atoms with Crippen LogP contribution in [0, 0.1) is 0 Å². The Labute approximate surface area is 149 Å². The standard InChI is InChI=1S/C22H26N2O/c25-22-6-1-2-13-24(22)17-20-9-7-18(8-10-20)16-19-11-14-23(15-12-19)21-4-3-5-21/h1-2,6-10,13,16,21H,3-5,11-12,14-15,17H2. The molecule has 2 aromatic rings. The number of pyridine rings is 1. The number of aromatic nitrogens is 1. The van der Waals surface area contributed by atoms with E-state index in [0.29, 0.717) is 6.54 Å². The molecule has 2 aliphatic rings. The van der Waals surface area contributed by atoms with Crippen molar-refractivity contribution in [3.05, 3.63) is 75.7 Å². The minimum atomic E-state index is 0.0481. The van der Waals surface area contributed by atoms with Gasteiger partial charge < -0.3 is 4.57 Å². The van der Waals surface area contributed by atoms with Crippen molar-refractivity contribution in [3.63, 3.8) is 0 Å². The highest BCUT2D eigenvalue weighted by molar-refractivity contribution is 5.53. The molecule has 0 atom stereocenters. The number of likely N-dealkylation sites (tertiary alicyclic amines) is 1. The molecule has 3 nitrogen and oxygen atoms in total. The van der Waals surface area contributed by atoms with Gasteiger partial charge in [0.2, 0.25) is 0 Å². The van der Waals surface area contributed by atoms with Gasteiger partial charge in [0.05, 0.1) is 6.54 Å². The molecule has 0 N–H and O–H groups in total. The van der Waals surface area contributed by atoms with Gasteiger partial charge in [0.1, 0.15) is 0 Å². The van der Waals surface area contributed by atoms with Crippen molar-refractivity contribution in [2.45, 2.75) is 44.7 Å². The van der Waals surface area contributed by atoms with Crippen LogP contribution in [0.4, 0.5) is 0 Å². The van der Waals surface area contributed by atoms with Gasteiger partial charge in [-0.25, -0.2) is 0 Å². The molecule has 2 heterocycles. The van der Waals surface area contributed by atoms with E-state index in [1.54, 1.807) is 22.3 Å². The second kappa shape index (κ2) is 7.40. The minimum Gasteiger partial charge on any atom is -0.311 e. The highest BCUT2D eigenvalue weighted by Gasteiger charge is 2.26. The predicted octanol–water partition coefficient (Wildman–Crippen LogP) is 3.93. The molecule has 2 fully saturated rings. The molecule has 4 rings (SSSR count). The second-order valence-corrected chi connectivity index (χ2v) is 7.33. The van der Waals surface area contributed by atoms with Crippen LogP contribution in [0.1, 0.15) is 43.2 Å². The van der Waals surface area contributed by atoms with Crippen molar-refractivity contribution in [1.82, 2.24) is 9.47 Å². The Balaban J connectivity index is 1.37. The van der Waals surface area contributed by atoms with Crippen molar-refractivity contribution in [2.24, 2.45) is 0 Å². The molecular formula is C22H26N2O. The van der Waals surface area contributed by atoms with Crippen molar-refractivity contribution in [3.8, 4) is 0 Å². The van der Waals surface area contributed by atoms with Gasteiger partial charge in [-0.15, -0.1) is 0 Å². The maximum absolute atomic E-state index is 11.8. The summed E-state index contributed by atoms with van der Waals surface area (Å²) in [4.78, 5) is 14.5. The molecule has 1 aromatic carbocycles. The Hall–Kier alpha value is -2.13. The third kappa shape index (κ3) is 3.93. The Morgan fingerprint density at radius 1 is 1.00 bits per heavy atom. The first-order chi connectivity index (χ1) is 12.3. The van der Waals surface area contributed by atoms with Gasteiger partial charge in [-0.1, -0.05) is 48.4 Å². The van der Waals surface area contributed by atoms with Crippen LogP contribution in [0.2, 0.25) is 0 Å². The zero-order valence-corrected chi connectivity index (χ0v) is 14.7. The van der Waals surface area contributed by atoms with Gasteiger partial charge in [-0.2, -0.15) is 0 Å². The first-order valence-electron chi connectivity index (χ1n) is 9.46. The Morgan fingerprint density at radius 3 is 2.40 bits per heavy atom. The van der Waals surface area contributed by atoms with Gasteiger partial charge in [0.15, 0.2) is 0 Å². The van der Waals surface area contributed by atoms with Gasteiger partial charge in [0.25, 0.3) is 5.56 Å². The number of benzene rings is 1. The van der Waals surface area contributed by atoms with Crippen LogP contribution in [0.3, 0.4) is 0 Å². The lowest BCUT2D eigenvalue weighted by atomic mass is 9.89. The topological polar surface area (TPSA) is 25.2 Å². The lowest BCUT2D eigenvalue weighted by Gasteiger charge is -2.40. The maximum Gasteiger partial charge on any atom is 0.250 e. The molecule has 25 heavy (non-hydrogen) atoms. The Kier molecular flexibility index (Phi) is 4.84. The molecule has 3 heteroatoms. The highest BCUT2D eigenvalue weighted by Crippen LogP contribution is 2.29. The van der Waals surface area contributed by atoms with Gasteiger partial charge in [0, 0.05) is 31.4 Å². The molecule has 0 amide bonds. The molecular weight excluding hydrogens is 308 g/mol. The zero-order valence-electron chi connectivity index (χ0n) is 14.7. The summed E-state index contributed by atoms with van der Waals surface area (Å²) in [5.41, 5.74) is 4.06. The summed E-state index contributed by atoms with van der Waals surface area (Å²) in [6.07, 6.45) is 10.8. The van der Waals surface area contributed by atoms with Crippen molar-refractivity contribution in [2.75, 3.05) is 13.1 Å². The fourth-order valence-corrected chi connectivity index (χ4v) is 3.82. The van der Waals surface area contributed by atoms with Crippen LogP contribution in [0.15, 0.2) is 59.0 Å². The van der Waals surface area contributed by atoms with E-state index in [1.165, 1.54) is 50.8 Å². The summed E-state index contributed by atoms with van der Waals surface area (Å²) >= 11 is 0. The predicted molar refractivity (Wildman–Crippen MR) is 103 cm³/mol. The molecule has 1 saturated carbocycles. The molecule has 0 unspecified atom stereocenters. The SMILES string of the molecule is O=c1ccccn1Cc1ccc(C=C2CCN(C3CCC3)CC2)cc1. The lowest BCUT2D eigenvalue weighted by Crippen LogP contribution is -2.43. The van der Waals surface area contributed by atoms with E-state index in [-0.39, 0.29) is 5.56 Å². The molecule has 0 bridgehead atoms. The number of hydrogen-bond donors (Lipinski definition) is 0. The quantitative estimate of drug-likeness (QED) is 0.846. The summed E-state index contributed by atoms with van der Waals surface area (Å²) < 4.78 is 1.74. The average Bonchev–Trinajstić information content (AvgIpc) is 2.59. The Bertz CT molecular complexity index is 789. The third-order valence-corrected chi connectivity index (χ3v) is 5.63. The second-order valence-electron chi connectivity index (χ2n) is 7.33. The van der Waals surface area contributed by atoms with Crippen LogP contribution in [-0.4, -0.2) is 28.6 Å². The van der Waals surface area contributed by atoms with E-state index < -0.39 is 0 Å². The van der Waals surface area contributed by atoms with Crippen LogP contribution in [-0.2, 0) is 6.54 Å². The van der Waals surface area contributed by atoms with E-state index >= 15 is 0 Å². The normalized spacial score (nSPS) is 18.8. The summed E-state index contributed by atoms with van der Waals surface area (Å²) in [6, 6.07) is 14.8. The fraction of sp³-hybridized carbons (Fsp3) is 0.409. The van der Waals surface area contributed by atoms with Crippen molar-refractivity contribution < 1.29 is 0 Å². The largest absolute Gasteiger partial charge is 0.311 e. The van der Waals surface area contributed by atoms with Gasteiger partial charge >= 0.3 is 0 Å². The van der Waals surface area contributed by atoms with Crippen LogP contribution >= 0.6 is 0 Å². The molecule has 0 spiro atoms. The average molecular weight is 334 g/mol. The zero-order chi connectivity index (χ0) is 17.1. The number of piperidine rings is 1. The number of hydrogen-bond acceptors (Lipinski definition) is 2. The number of rotatable bonds is 4. The molecule has 1 saturated heterocycles. The first-order valence-corrected chi connectivity index (χ1v) is 9.46. The molecule has 130 valence electrons. The molecule has 1 aliphatic carbocycles. The van der Waals surface area contributed by atoms with Crippen LogP contribution in [0.5, 0.6) is 0 Å². The highest BCUT2D eigenvalue weighted by atomic mass is 16.1. The maximum atomic E-state index is 11.8. The van der Waals surface area contributed by atoms with E-state index in [0.717, 1.165) is 11.6 Å². The van der Waals surface area contributed by atoms with Gasteiger partial charge in [-0.05, 0) is 42.9 Å². The third-order valence-electron chi connectivity index (χ3n) is 5.63.